The van der Waals surface area contributed by atoms with E-state index in [0.29, 0.717) is 6.17 Å². The number of piperidine rings is 1. The van der Waals surface area contributed by atoms with E-state index in [4.69, 9.17) is 0 Å². The van der Waals surface area contributed by atoms with Crippen LogP contribution in [0.2, 0.25) is 0 Å². The lowest BCUT2D eigenvalue weighted by molar-refractivity contribution is 0.158. The maximum atomic E-state index is 3.51. The van der Waals surface area contributed by atoms with Crippen LogP contribution in [0.4, 0.5) is 0 Å². The Bertz CT molecular complexity index is 371. The molecular formula is C16H28N4. The summed E-state index contributed by atoms with van der Waals surface area (Å²) < 4.78 is 0. The topological polar surface area (TPSA) is 30.5 Å². The van der Waals surface area contributed by atoms with Crippen molar-refractivity contribution >= 4 is 0 Å². The van der Waals surface area contributed by atoms with E-state index in [9.17, 15) is 0 Å². The third-order valence-corrected chi connectivity index (χ3v) is 4.81. The molecule has 2 N–H and O–H groups in total. The van der Waals surface area contributed by atoms with Crippen LogP contribution in [-0.2, 0) is 0 Å². The highest BCUT2D eigenvalue weighted by Gasteiger charge is 2.25. The molecule has 0 aliphatic carbocycles. The van der Waals surface area contributed by atoms with E-state index in [0.717, 1.165) is 6.04 Å². The number of hydrogen-bond donors (Lipinski definition) is 2. The Morgan fingerprint density at radius 3 is 2.55 bits per heavy atom. The van der Waals surface area contributed by atoms with Crippen molar-refractivity contribution in [2.75, 3.05) is 39.3 Å². The zero-order valence-electron chi connectivity index (χ0n) is 12.6. The molecular weight excluding hydrogens is 248 g/mol. The van der Waals surface area contributed by atoms with E-state index in [1.165, 1.54) is 64.1 Å². The molecule has 20 heavy (non-hydrogen) atoms. The third kappa shape index (κ3) is 3.43. The molecule has 3 aliphatic heterocycles. The molecule has 0 spiro atoms. The minimum atomic E-state index is 0.395. The van der Waals surface area contributed by atoms with Gasteiger partial charge in [-0.1, -0.05) is 6.08 Å². The van der Waals surface area contributed by atoms with Gasteiger partial charge < -0.3 is 10.6 Å². The Kier molecular flexibility index (Phi) is 4.76. The molecule has 4 nitrogen and oxygen atoms in total. The van der Waals surface area contributed by atoms with Gasteiger partial charge in [0.1, 0.15) is 0 Å². The summed E-state index contributed by atoms with van der Waals surface area (Å²) in [5, 5.41) is 6.98. The molecule has 0 amide bonds. The SMILES string of the molecule is CC1=CNC(N2CCCN(C3CCNCC3)CC2)C=C1. The maximum absolute atomic E-state index is 3.51. The summed E-state index contributed by atoms with van der Waals surface area (Å²) in [6, 6.07) is 0.813. The van der Waals surface area contributed by atoms with Gasteiger partial charge in [-0.05, 0) is 57.5 Å². The van der Waals surface area contributed by atoms with Gasteiger partial charge in [-0.3, -0.25) is 9.80 Å². The highest BCUT2D eigenvalue weighted by molar-refractivity contribution is 5.21. The van der Waals surface area contributed by atoms with E-state index in [2.05, 4.69) is 45.7 Å². The molecule has 0 saturated carbocycles. The summed E-state index contributed by atoms with van der Waals surface area (Å²) in [6.45, 7) is 9.41. The van der Waals surface area contributed by atoms with Crippen molar-refractivity contribution in [2.24, 2.45) is 0 Å². The lowest BCUT2D eigenvalue weighted by Gasteiger charge is -2.34. The number of hydrogen-bond acceptors (Lipinski definition) is 4. The van der Waals surface area contributed by atoms with Crippen LogP contribution in [0.3, 0.4) is 0 Å². The Hall–Kier alpha value is -0.840. The van der Waals surface area contributed by atoms with Gasteiger partial charge in [-0.15, -0.1) is 0 Å². The molecule has 3 rings (SSSR count). The van der Waals surface area contributed by atoms with Crippen molar-refractivity contribution in [3.63, 3.8) is 0 Å². The molecule has 0 aromatic carbocycles. The summed E-state index contributed by atoms with van der Waals surface area (Å²) in [5.74, 6) is 0. The fraction of sp³-hybridized carbons (Fsp3) is 0.750. The van der Waals surface area contributed by atoms with Gasteiger partial charge in [0.05, 0.1) is 6.17 Å². The van der Waals surface area contributed by atoms with E-state index in [-0.39, 0.29) is 0 Å². The number of rotatable bonds is 2. The number of nitrogens with one attached hydrogen (secondary N) is 2. The number of allylic oxidation sites excluding steroid dienone is 2. The molecule has 4 heteroatoms. The predicted molar refractivity (Wildman–Crippen MR) is 83.5 cm³/mol. The third-order valence-electron chi connectivity index (χ3n) is 4.81. The number of dihydropyridines is 1. The van der Waals surface area contributed by atoms with Crippen molar-refractivity contribution in [1.82, 2.24) is 20.4 Å². The van der Waals surface area contributed by atoms with Crippen LogP contribution < -0.4 is 10.6 Å². The molecule has 2 fully saturated rings. The van der Waals surface area contributed by atoms with Crippen LogP contribution >= 0.6 is 0 Å². The first-order valence-electron chi connectivity index (χ1n) is 8.13. The van der Waals surface area contributed by atoms with E-state index >= 15 is 0 Å². The highest BCUT2D eigenvalue weighted by Crippen LogP contribution is 2.16. The summed E-state index contributed by atoms with van der Waals surface area (Å²) in [4.78, 5) is 5.31. The van der Waals surface area contributed by atoms with E-state index in [1.807, 2.05) is 0 Å². The Morgan fingerprint density at radius 1 is 1.05 bits per heavy atom. The van der Waals surface area contributed by atoms with Crippen LogP contribution in [0.25, 0.3) is 0 Å². The second kappa shape index (κ2) is 6.74. The van der Waals surface area contributed by atoms with Gasteiger partial charge in [0, 0.05) is 31.9 Å². The smallest absolute Gasteiger partial charge is 0.0985 e. The van der Waals surface area contributed by atoms with Crippen molar-refractivity contribution in [1.29, 1.82) is 0 Å². The Balaban J connectivity index is 1.53. The van der Waals surface area contributed by atoms with Gasteiger partial charge in [-0.25, -0.2) is 0 Å². The number of nitrogens with zero attached hydrogens (tertiary/aromatic N) is 2. The second-order valence-electron chi connectivity index (χ2n) is 6.27. The summed E-state index contributed by atoms with van der Waals surface area (Å²) in [5.41, 5.74) is 1.31. The first kappa shape index (κ1) is 14.1. The molecule has 1 unspecified atom stereocenters. The van der Waals surface area contributed by atoms with Gasteiger partial charge in [0.15, 0.2) is 0 Å². The lowest BCUT2D eigenvalue weighted by Crippen LogP contribution is -2.47. The monoisotopic (exact) mass is 276 g/mol. The first-order valence-corrected chi connectivity index (χ1v) is 8.13. The van der Waals surface area contributed by atoms with Crippen LogP contribution in [0, 0.1) is 0 Å². The van der Waals surface area contributed by atoms with Crippen LogP contribution in [0.15, 0.2) is 23.9 Å². The van der Waals surface area contributed by atoms with Gasteiger partial charge in [-0.2, -0.15) is 0 Å². The quantitative estimate of drug-likeness (QED) is 0.792. The molecule has 1 atom stereocenters. The van der Waals surface area contributed by atoms with Gasteiger partial charge in [0.2, 0.25) is 0 Å². The zero-order chi connectivity index (χ0) is 13.8. The highest BCUT2D eigenvalue weighted by atomic mass is 15.3. The second-order valence-corrected chi connectivity index (χ2v) is 6.27. The molecule has 3 aliphatic rings. The van der Waals surface area contributed by atoms with Crippen LogP contribution in [-0.4, -0.2) is 61.3 Å². The largest absolute Gasteiger partial charge is 0.372 e. The summed E-state index contributed by atoms with van der Waals surface area (Å²) in [6.07, 6.45) is 11.0. The normalized spacial score (nSPS) is 30.6. The molecule has 0 radical (unpaired) electrons. The van der Waals surface area contributed by atoms with E-state index < -0.39 is 0 Å². The van der Waals surface area contributed by atoms with Crippen LogP contribution in [0.1, 0.15) is 26.2 Å². The van der Waals surface area contributed by atoms with Crippen molar-refractivity contribution < 1.29 is 0 Å². The molecule has 0 aromatic rings. The summed E-state index contributed by atoms with van der Waals surface area (Å²) >= 11 is 0. The Labute approximate surface area is 122 Å². The molecule has 112 valence electrons. The zero-order valence-corrected chi connectivity index (χ0v) is 12.6. The minimum absolute atomic E-state index is 0.395. The fourth-order valence-electron chi connectivity index (χ4n) is 3.56. The Morgan fingerprint density at radius 2 is 1.80 bits per heavy atom. The maximum Gasteiger partial charge on any atom is 0.0985 e. The van der Waals surface area contributed by atoms with Crippen molar-refractivity contribution in [3.05, 3.63) is 23.9 Å². The van der Waals surface area contributed by atoms with Gasteiger partial charge >= 0.3 is 0 Å². The molecule has 3 heterocycles. The van der Waals surface area contributed by atoms with Crippen molar-refractivity contribution in [2.45, 2.75) is 38.4 Å². The van der Waals surface area contributed by atoms with Crippen LogP contribution in [0.5, 0.6) is 0 Å². The lowest BCUT2D eigenvalue weighted by atomic mass is 10.0. The molecule has 0 aromatic heterocycles. The standard InChI is InChI=1S/C16H28N4/c1-14-3-4-16(18-13-14)20-10-2-9-19(11-12-20)15-5-7-17-8-6-15/h3-4,13,15-18H,2,5-12H2,1H3. The fourth-order valence-corrected chi connectivity index (χ4v) is 3.56. The van der Waals surface area contributed by atoms with Crippen molar-refractivity contribution in [3.8, 4) is 0 Å². The van der Waals surface area contributed by atoms with E-state index in [1.54, 1.807) is 0 Å². The molecule has 0 bridgehead atoms. The first-order chi connectivity index (χ1) is 9.83. The minimum Gasteiger partial charge on any atom is -0.372 e. The van der Waals surface area contributed by atoms with Gasteiger partial charge in [0.25, 0.3) is 0 Å². The summed E-state index contributed by atoms with van der Waals surface area (Å²) in [7, 11) is 0. The average molecular weight is 276 g/mol. The average Bonchev–Trinajstić information content (AvgIpc) is 2.75. The predicted octanol–water partition coefficient (Wildman–Crippen LogP) is 1.14. The molecule has 2 saturated heterocycles.